The van der Waals surface area contributed by atoms with Gasteiger partial charge in [-0.1, -0.05) is 0 Å². The topological polar surface area (TPSA) is 67.8 Å². The summed E-state index contributed by atoms with van der Waals surface area (Å²) in [5.41, 5.74) is -0.580. The van der Waals surface area contributed by atoms with Crippen molar-refractivity contribution < 1.29 is 13.7 Å². The zero-order valence-corrected chi connectivity index (χ0v) is 10.2. The first-order valence-corrected chi connectivity index (χ1v) is 6.82. The Kier molecular flexibility index (Phi) is 3.72. The summed E-state index contributed by atoms with van der Waals surface area (Å²) in [6, 6.07) is 0. The third-order valence-corrected chi connectivity index (χ3v) is 4.00. The normalized spacial score (nSPS) is 20.7. The SMILES string of the molecule is CC(C)(C)OC(=O)N=S1(=O)CCNCC1. The second-order valence-electron chi connectivity index (χ2n) is 4.50. The molecule has 0 aromatic carbocycles. The highest BCUT2D eigenvalue weighted by Crippen LogP contribution is 2.10. The molecule has 0 bridgehead atoms. The van der Waals surface area contributed by atoms with Gasteiger partial charge in [-0.2, -0.15) is 0 Å². The van der Waals surface area contributed by atoms with E-state index in [9.17, 15) is 9.00 Å². The molecule has 1 aliphatic rings. The lowest BCUT2D eigenvalue weighted by Crippen LogP contribution is -2.36. The van der Waals surface area contributed by atoms with E-state index in [0.717, 1.165) is 0 Å². The predicted octanol–water partition coefficient (Wildman–Crippen LogP) is 0.993. The van der Waals surface area contributed by atoms with Gasteiger partial charge in [0.15, 0.2) is 0 Å². The summed E-state index contributed by atoms with van der Waals surface area (Å²) in [4.78, 5) is 11.3. The first kappa shape index (κ1) is 12.4. The summed E-state index contributed by atoms with van der Waals surface area (Å²) >= 11 is 0. The van der Waals surface area contributed by atoms with Crippen LogP contribution in [-0.4, -0.2) is 40.5 Å². The predicted molar refractivity (Wildman–Crippen MR) is 59.4 cm³/mol. The van der Waals surface area contributed by atoms with Gasteiger partial charge in [0.25, 0.3) is 0 Å². The average molecular weight is 234 g/mol. The molecule has 1 heterocycles. The third kappa shape index (κ3) is 4.61. The van der Waals surface area contributed by atoms with Gasteiger partial charge >= 0.3 is 6.09 Å². The number of hydrogen-bond donors (Lipinski definition) is 1. The van der Waals surface area contributed by atoms with Crippen LogP contribution in [0.15, 0.2) is 4.36 Å². The summed E-state index contributed by atoms with van der Waals surface area (Å²) in [7, 11) is -2.37. The molecular weight excluding hydrogens is 216 g/mol. The molecular formula is C9H18N2O3S. The number of nitrogens with one attached hydrogen (secondary N) is 1. The fraction of sp³-hybridized carbons (Fsp3) is 0.889. The Balaban J connectivity index is 2.69. The van der Waals surface area contributed by atoms with E-state index in [-0.39, 0.29) is 0 Å². The van der Waals surface area contributed by atoms with Gasteiger partial charge in [-0.15, -0.1) is 4.36 Å². The highest BCUT2D eigenvalue weighted by molar-refractivity contribution is 7.93. The number of ether oxygens (including phenoxy) is 1. The third-order valence-electron chi connectivity index (χ3n) is 1.83. The Morgan fingerprint density at radius 1 is 1.33 bits per heavy atom. The maximum atomic E-state index is 12.0. The molecule has 88 valence electrons. The first-order chi connectivity index (χ1) is 6.81. The highest BCUT2D eigenvalue weighted by atomic mass is 32.2. The standard InChI is InChI=1S/C9H18N2O3S/c1-9(2,3)14-8(12)11-15(13)6-4-10-5-7-15/h10H,4-7H2,1-3H3. The molecule has 15 heavy (non-hydrogen) atoms. The van der Waals surface area contributed by atoms with Gasteiger partial charge in [-0.25, -0.2) is 9.00 Å². The number of carbonyl (C=O) groups is 1. The molecule has 1 N–H and O–H groups in total. The van der Waals surface area contributed by atoms with Crippen molar-refractivity contribution in [3.05, 3.63) is 0 Å². The Morgan fingerprint density at radius 3 is 2.33 bits per heavy atom. The lowest BCUT2D eigenvalue weighted by Gasteiger charge is -2.19. The molecule has 1 rings (SSSR count). The first-order valence-electron chi connectivity index (χ1n) is 4.97. The van der Waals surface area contributed by atoms with E-state index < -0.39 is 21.4 Å². The number of carbonyl (C=O) groups excluding carboxylic acids is 1. The summed E-state index contributed by atoms with van der Waals surface area (Å²) in [5.74, 6) is 0.846. The van der Waals surface area contributed by atoms with Crippen LogP contribution in [0.3, 0.4) is 0 Å². The fourth-order valence-electron chi connectivity index (χ4n) is 1.20. The van der Waals surface area contributed by atoms with Crippen molar-refractivity contribution in [2.24, 2.45) is 4.36 Å². The molecule has 0 unspecified atom stereocenters. The van der Waals surface area contributed by atoms with Gasteiger partial charge in [0.05, 0.1) is 9.73 Å². The van der Waals surface area contributed by atoms with Crippen molar-refractivity contribution >= 4 is 15.8 Å². The van der Waals surface area contributed by atoms with E-state index in [4.69, 9.17) is 4.74 Å². The van der Waals surface area contributed by atoms with Gasteiger partial charge in [0.1, 0.15) is 5.60 Å². The lowest BCUT2D eigenvalue weighted by molar-refractivity contribution is 0.0607. The Morgan fingerprint density at radius 2 is 1.87 bits per heavy atom. The summed E-state index contributed by atoms with van der Waals surface area (Å²) in [5, 5.41) is 3.07. The number of amides is 1. The fourth-order valence-corrected chi connectivity index (χ4v) is 2.82. The van der Waals surface area contributed by atoms with Crippen LogP contribution < -0.4 is 5.32 Å². The molecule has 1 fully saturated rings. The van der Waals surface area contributed by atoms with Crippen LogP contribution in [0.25, 0.3) is 0 Å². The lowest BCUT2D eigenvalue weighted by atomic mass is 10.2. The maximum absolute atomic E-state index is 12.0. The molecule has 0 radical (unpaired) electrons. The molecule has 1 aliphatic heterocycles. The van der Waals surface area contributed by atoms with Crippen LogP contribution in [-0.2, 0) is 14.5 Å². The second-order valence-corrected chi connectivity index (χ2v) is 7.05. The number of nitrogens with zero attached hydrogens (tertiary/aromatic N) is 1. The van der Waals surface area contributed by atoms with E-state index >= 15 is 0 Å². The van der Waals surface area contributed by atoms with Crippen molar-refractivity contribution in [3.8, 4) is 0 Å². The smallest absolute Gasteiger partial charge is 0.442 e. The van der Waals surface area contributed by atoms with Gasteiger partial charge in [-0.05, 0) is 20.8 Å². The second kappa shape index (κ2) is 4.49. The Bertz CT molecular complexity index is 339. The quantitative estimate of drug-likeness (QED) is 0.678. The molecule has 0 aliphatic carbocycles. The van der Waals surface area contributed by atoms with Crippen LogP contribution in [0.4, 0.5) is 4.79 Å². The van der Waals surface area contributed by atoms with Crippen molar-refractivity contribution in [2.45, 2.75) is 26.4 Å². The molecule has 0 saturated carbocycles. The van der Waals surface area contributed by atoms with Crippen molar-refractivity contribution in [3.63, 3.8) is 0 Å². The zero-order valence-electron chi connectivity index (χ0n) is 9.41. The molecule has 1 amide bonds. The molecule has 6 heteroatoms. The van der Waals surface area contributed by atoms with Crippen LogP contribution >= 0.6 is 0 Å². The molecule has 1 saturated heterocycles. The van der Waals surface area contributed by atoms with Crippen LogP contribution in [0, 0.1) is 0 Å². The Labute approximate surface area is 90.8 Å². The monoisotopic (exact) mass is 234 g/mol. The summed E-state index contributed by atoms with van der Waals surface area (Å²) in [6.07, 6.45) is -0.714. The van der Waals surface area contributed by atoms with Gasteiger partial charge in [0.2, 0.25) is 0 Å². The van der Waals surface area contributed by atoms with Gasteiger partial charge in [-0.3, -0.25) is 0 Å². The molecule has 0 aromatic heterocycles. The van der Waals surface area contributed by atoms with Crippen molar-refractivity contribution in [1.29, 1.82) is 0 Å². The molecule has 0 atom stereocenters. The van der Waals surface area contributed by atoms with Crippen LogP contribution in [0.2, 0.25) is 0 Å². The number of rotatable bonds is 0. The largest absolute Gasteiger partial charge is 0.442 e. The van der Waals surface area contributed by atoms with Gasteiger partial charge in [0, 0.05) is 24.6 Å². The minimum atomic E-state index is -2.37. The maximum Gasteiger partial charge on any atom is 0.442 e. The average Bonchev–Trinajstić information content (AvgIpc) is 1.99. The van der Waals surface area contributed by atoms with E-state index in [1.54, 1.807) is 20.8 Å². The van der Waals surface area contributed by atoms with Gasteiger partial charge < -0.3 is 10.1 Å². The zero-order chi connectivity index (χ0) is 11.5. The minimum absolute atomic E-state index is 0.423. The molecule has 5 nitrogen and oxygen atoms in total. The Hall–Kier alpha value is -0.620. The van der Waals surface area contributed by atoms with E-state index in [1.165, 1.54) is 0 Å². The summed E-state index contributed by atoms with van der Waals surface area (Å²) < 4.78 is 20.7. The van der Waals surface area contributed by atoms with Crippen molar-refractivity contribution in [1.82, 2.24) is 5.32 Å². The summed E-state index contributed by atoms with van der Waals surface area (Å²) in [6.45, 7) is 6.57. The highest BCUT2D eigenvalue weighted by Gasteiger charge is 2.20. The van der Waals surface area contributed by atoms with Crippen LogP contribution in [0.1, 0.15) is 20.8 Å². The van der Waals surface area contributed by atoms with Crippen LogP contribution in [0.5, 0.6) is 0 Å². The minimum Gasteiger partial charge on any atom is -0.442 e. The van der Waals surface area contributed by atoms with Crippen molar-refractivity contribution in [2.75, 3.05) is 24.6 Å². The van der Waals surface area contributed by atoms with E-state index in [2.05, 4.69) is 9.68 Å². The molecule has 0 aromatic rings. The number of hydrogen-bond acceptors (Lipinski definition) is 4. The van der Waals surface area contributed by atoms with E-state index in [1.807, 2.05) is 0 Å². The van der Waals surface area contributed by atoms with E-state index in [0.29, 0.717) is 24.6 Å². The molecule has 0 spiro atoms.